The zero-order valence-corrected chi connectivity index (χ0v) is 18.8. The van der Waals surface area contributed by atoms with E-state index in [0.717, 1.165) is 10.4 Å². The molecule has 1 aliphatic heterocycles. The van der Waals surface area contributed by atoms with E-state index in [1.165, 1.54) is 41.7 Å². The average molecular weight is 478 g/mol. The third-order valence-electron chi connectivity index (χ3n) is 5.06. The lowest BCUT2D eigenvalue weighted by Gasteiger charge is -2.24. The molecule has 0 spiro atoms. The minimum absolute atomic E-state index is 0.0567. The van der Waals surface area contributed by atoms with Crippen LogP contribution in [0, 0.1) is 6.92 Å². The number of Topliss-reactive ketones (excluding diaryl/α,β-unsaturated/α-hetero) is 1. The molecule has 1 aliphatic rings. The fourth-order valence-electron chi connectivity index (χ4n) is 3.64. The van der Waals surface area contributed by atoms with Crippen molar-refractivity contribution in [2.75, 3.05) is 7.11 Å². The van der Waals surface area contributed by atoms with Crippen molar-refractivity contribution in [2.45, 2.75) is 19.5 Å². The monoisotopic (exact) mass is 477 g/mol. The van der Waals surface area contributed by atoms with Crippen LogP contribution in [-0.4, -0.2) is 28.8 Å². The highest BCUT2D eigenvalue weighted by Crippen LogP contribution is 2.45. The van der Waals surface area contributed by atoms with Gasteiger partial charge in [-0.2, -0.15) is 0 Å². The van der Waals surface area contributed by atoms with Crippen LogP contribution in [0.5, 0.6) is 5.75 Å². The molecule has 9 heteroatoms. The number of halogens is 2. The van der Waals surface area contributed by atoms with Gasteiger partial charge in [0.25, 0.3) is 11.7 Å². The maximum absolute atomic E-state index is 13.1. The van der Waals surface area contributed by atoms with Crippen LogP contribution in [0.15, 0.2) is 52.0 Å². The highest BCUT2D eigenvalue weighted by molar-refractivity contribution is 7.10. The predicted molar refractivity (Wildman–Crippen MR) is 119 cm³/mol. The van der Waals surface area contributed by atoms with E-state index in [2.05, 4.69) is 0 Å². The van der Waals surface area contributed by atoms with Crippen molar-refractivity contribution < 1.29 is 23.8 Å². The van der Waals surface area contributed by atoms with Gasteiger partial charge in [0, 0.05) is 9.90 Å². The van der Waals surface area contributed by atoms with Crippen LogP contribution in [0.3, 0.4) is 0 Å². The Morgan fingerprint density at radius 3 is 2.68 bits per heavy atom. The first-order valence-corrected chi connectivity index (χ1v) is 10.8. The van der Waals surface area contributed by atoms with Gasteiger partial charge in [-0.1, -0.05) is 23.2 Å². The minimum Gasteiger partial charge on any atom is -0.507 e. The smallest absolute Gasteiger partial charge is 0.296 e. The van der Waals surface area contributed by atoms with Gasteiger partial charge in [-0.05, 0) is 48.2 Å². The predicted octanol–water partition coefficient (Wildman–Crippen LogP) is 5.59. The molecule has 1 saturated heterocycles. The molecule has 0 radical (unpaired) electrons. The molecule has 160 valence electrons. The fraction of sp³-hybridized carbons (Fsp3) is 0.182. The van der Waals surface area contributed by atoms with Crippen LogP contribution in [-0.2, 0) is 16.1 Å². The van der Waals surface area contributed by atoms with Crippen LogP contribution < -0.4 is 4.74 Å². The summed E-state index contributed by atoms with van der Waals surface area (Å²) >= 11 is 13.7. The lowest BCUT2D eigenvalue weighted by molar-refractivity contribution is -0.140. The Balaban J connectivity index is 1.94. The molecular formula is C22H17Cl2NO5S. The fourth-order valence-corrected chi connectivity index (χ4v) is 5.26. The van der Waals surface area contributed by atoms with Crippen LogP contribution >= 0.6 is 34.5 Å². The quantitative estimate of drug-likeness (QED) is 0.294. The number of ether oxygens (including phenoxy) is 1. The molecule has 1 amide bonds. The molecule has 1 fully saturated rings. The Kier molecular flexibility index (Phi) is 5.83. The van der Waals surface area contributed by atoms with E-state index >= 15 is 0 Å². The van der Waals surface area contributed by atoms with Gasteiger partial charge >= 0.3 is 0 Å². The van der Waals surface area contributed by atoms with Gasteiger partial charge in [0.1, 0.15) is 23.3 Å². The summed E-state index contributed by atoms with van der Waals surface area (Å²) in [4.78, 5) is 28.3. The van der Waals surface area contributed by atoms with Crippen LogP contribution in [0.1, 0.15) is 27.8 Å². The number of aliphatic hydroxyl groups excluding tert-OH is 1. The molecule has 0 aliphatic carbocycles. The molecule has 1 unspecified atom stereocenters. The maximum atomic E-state index is 13.1. The van der Waals surface area contributed by atoms with Crippen molar-refractivity contribution in [3.63, 3.8) is 0 Å². The number of hydrogen-bond donors (Lipinski definition) is 1. The number of furan rings is 1. The largest absolute Gasteiger partial charge is 0.507 e. The number of hydrogen-bond acceptors (Lipinski definition) is 6. The Bertz CT molecular complexity index is 1200. The molecule has 2 aromatic heterocycles. The van der Waals surface area contributed by atoms with Crippen molar-refractivity contribution in [3.05, 3.63) is 79.4 Å². The molecule has 1 aromatic carbocycles. The molecular weight excluding hydrogens is 461 g/mol. The van der Waals surface area contributed by atoms with Gasteiger partial charge in [0.05, 0.1) is 36.1 Å². The van der Waals surface area contributed by atoms with Gasteiger partial charge < -0.3 is 19.2 Å². The van der Waals surface area contributed by atoms with Crippen LogP contribution in [0.2, 0.25) is 10.0 Å². The number of carbonyl (C=O) groups is 2. The standard InChI is InChI=1S/C22H17Cl2NO5S/c1-11-5-7-31-21(11)17-16(18(26)14-8-12(23)9-15(24)20(14)29-2)19(27)22(28)25(17)10-13-4-3-6-30-13/h3-9,17,26H,10H2,1-2H3/b18-16+. The van der Waals surface area contributed by atoms with E-state index in [1.54, 1.807) is 12.1 Å². The second kappa shape index (κ2) is 8.42. The maximum Gasteiger partial charge on any atom is 0.296 e. The third kappa shape index (κ3) is 3.73. The summed E-state index contributed by atoms with van der Waals surface area (Å²) in [6.07, 6.45) is 1.50. The number of amides is 1. The molecule has 1 N–H and O–H groups in total. The topological polar surface area (TPSA) is 80.0 Å². The number of ketones is 1. The normalized spacial score (nSPS) is 18.1. The average Bonchev–Trinajstić information content (AvgIpc) is 3.44. The molecule has 3 aromatic rings. The molecule has 0 bridgehead atoms. The van der Waals surface area contributed by atoms with E-state index in [-0.39, 0.29) is 33.5 Å². The number of rotatable bonds is 5. The zero-order chi connectivity index (χ0) is 22.3. The first-order valence-electron chi connectivity index (χ1n) is 9.21. The minimum atomic E-state index is -0.806. The summed E-state index contributed by atoms with van der Waals surface area (Å²) in [7, 11) is 1.39. The highest BCUT2D eigenvalue weighted by Gasteiger charge is 2.47. The SMILES string of the molecule is COc1c(Cl)cc(Cl)cc1/C(O)=C1\C(=O)C(=O)N(Cc2ccco2)C1c1sccc1C. The number of likely N-dealkylation sites (tertiary alicyclic amines) is 1. The third-order valence-corrected chi connectivity index (χ3v) is 6.63. The number of aryl methyl sites for hydroxylation is 1. The summed E-state index contributed by atoms with van der Waals surface area (Å²) in [5, 5.41) is 13.5. The van der Waals surface area contributed by atoms with Crippen molar-refractivity contribution in [1.29, 1.82) is 0 Å². The van der Waals surface area contributed by atoms with E-state index in [9.17, 15) is 14.7 Å². The molecule has 0 saturated carbocycles. The first-order chi connectivity index (χ1) is 14.8. The van der Waals surface area contributed by atoms with Gasteiger partial charge in [0.2, 0.25) is 0 Å². The van der Waals surface area contributed by atoms with Crippen molar-refractivity contribution in [2.24, 2.45) is 0 Å². The molecule has 6 nitrogen and oxygen atoms in total. The van der Waals surface area contributed by atoms with Gasteiger partial charge in [0.15, 0.2) is 0 Å². The number of aliphatic hydroxyl groups is 1. The van der Waals surface area contributed by atoms with E-state index < -0.39 is 23.5 Å². The number of nitrogens with zero attached hydrogens (tertiary/aromatic N) is 1. The zero-order valence-electron chi connectivity index (χ0n) is 16.5. The molecule has 3 heterocycles. The lowest BCUT2D eigenvalue weighted by atomic mass is 9.98. The van der Waals surface area contributed by atoms with Gasteiger partial charge in [-0.3, -0.25) is 9.59 Å². The Hall–Kier alpha value is -2.74. The summed E-state index contributed by atoms with van der Waals surface area (Å²) in [5.41, 5.74) is 0.970. The van der Waals surface area contributed by atoms with E-state index in [0.29, 0.717) is 5.76 Å². The summed E-state index contributed by atoms with van der Waals surface area (Å²) < 4.78 is 10.7. The molecule has 31 heavy (non-hydrogen) atoms. The van der Waals surface area contributed by atoms with Crippen molar-refractivity contribution in [3.8, 4) is 5.75 Å². The second-order valence-electron chi connectivity index (χ2n) is 6.94. The Morgan fingerprint density at radius 2 is 2.06 bits per heavy atom. The van der Waals surface area contributed by atoms with E-state index in [1.807, 2.05) is 18.4 Å². The molecule has 4 rings (SSSR count). The second-order valence-corrected chi connectivity index (χ2v) is 8.73. The van der Waals surface area contributed by atoms with E-state index in [4.69, 9.17) is 32.4 Å². The lowest BCUT2D eigenvalue weighted by Crippen LogP contribution is -2.28. The highest BCUT2D eigenvalue weighted by atomic mass is 35.5. The van der Waals surface area contributed by atoms with Crippen LogP contribution in [0.4, 0.5) is 0 Å². The number of carbonyl (C=O) groups excluding carboxylic acids is 2. The van der Waals surface area contributed by atoms with Crippen LogP contribution in [0.25, 0.3) is 5.76 Å². The number of methoxy groups -OCH3 is 1. The van der Waals surface area contributed by atoms with Gasteiger partial charge in [-0.15, -0.1) is 11.3 Å². The number of thiophene rings is 1. The Labute approximate surface area is 192 Å². The Morgan fingerprint density at radius 1 is 1.29 bits per heavy atom. The number of benzene rings is 1. The summed E-state index contributed by atoms with van der Waals surface area (Å²) in [6.45, 7) is 1.96. The van der Waals surface area contributed by atoms with Gasteiger partial charge in [-0.25, -0.2) is 0 Å². The van der Waals surface area contributed by atoms with Crippen molar-refractivity contribution in [1.82, 2.24) is 4.90 Å². The van der Waals surface area contributed by atoms with Crippen molar-refractivity contribution >= 4 is 52.0 Å². The summed E-state index contributed by atoms with van der Waals surface area (Å²) in [5.74, 6) is -1.27. The first kappa shape index (κ1) is 21.5. The summed E-state index contributed by atoms with van der Waals surface area (Å²) in [6, 6.07) is 7.43. The molecule has 1 atom stereocenters.